The first-order valence-corrected chi connectivity index (χ1v) is 8.43. The number of nitro groups is 1. The smallest absolute Gasteiger partial charge is 0.273 e. The molecule has 8 heteroatoms. The van der Waals surface area contributed by atoms with Crippen LogP contribution < -0.4 is 14.8 Å². The van der Waals surface area contributed by atoms with Gasteiger partial charge in [0.15, 0.2) is 18.1 Å². The zero-order chi connectivity index (χ0) is 19.5. The highest BCUT2D eigenvalue weighted by Crippen LogP contribution is 2.30. The third-order valence-electron chi connectivity index (χ3n) is 3.62. The number of nitro benzene ring substituents is 1. The molecule has 0 aliphatic heterocycles. The molecular formula is C19H22N2O6. The van der Waals surface area contributed by atoms with Crippen LogP contribution in [0, 0.1) is 10.1 Å². The second kappa shape index (κ2) is 10.8. The van der Waals surface area contributed by atoms with E-state index >= 15 is 0 Å². The molecule has 0 saturated carbocycles. The zero-order valence-electron chi connectivity index (χ0n) is 15.1. The van der Waals surface area contributed by atoms with E-state index in [1.165, 1.54) is 25.3 Å². The van der Waals surface area contributed by atoms with Crippen molar-refractivity contribution < 1.29 is 23.9 Å². The number of methoxy groups -OCH3 is 1. The van der Waals surface area contributed by atoms with Gasteiger partial charge in [0.05, 0.1) is 24.7 Å². The van der Waals surface area contributed by atoms with Gasteiger partial charge >= 0.3 is 0 Å². The summed E-state index contributed by atoms with van der Waals surface area (Å²) in [6.07, 6.45) is 0.665. The molecule has 0 bridgehead atoms. The molecule has 2 aromatic carbocycles. The maximum Gasteiger partial charge on any atom is 0.273 e. The minimum absolute atomic E-state index is 0.137. The molecule has 0 aromatic heterocycles. The van der Waals surface area contributed by atoms with Crippen LogP contribution in [0.1, 0.15) is 12.0 Å². The van der Waals surface area contributed by atoms with Crippen molar-refractivity contribution in [2.24, 2.45) is 0 Å². The Bertz CT molecular complexity index is 751. The molecule has 0 aliphatic carbocycles. The fourth-order valence-corrected chi connectivity index (χ4v) is 2.25. The highest BCUT2D eigenvalue weighted by molar-refractivity contribution is 5.77. The third-order valence-corrected chi connectivity index (χ3v) is 3.62. The number of carbonyl (C=O) groups is 1. The maximum atomic E-state index is 11.8. The average molecular weight is 374 g/mol. The number of nitrogens with one attached hydrogen (secondary N) is 1. The van der Waals surface area contributed by atoms with Crippen LogP contribution in [-0.2, 0) is 16.1 Å². The van der Waals surface area contributed by atoms with Crippen molar-refractivity contribution in [3.05, 3.63) is 64.2 Å². The lowest BCUT2D eigenvalue weighted by molar-refractivity contribution is -0.385. The summed E-state index contributed by atoms with van der Waals surface area (Å²) in [5.41, 5.74) is 0.961. The van der Waals surface area contributed by atoms with Gasteiger partial charge in [-0.1, -0.05) is 30.3 Å². The van der Waals surface area contributed by atoms with Crippen LogP contribution in [0.15, 0.2) is 48.5 Å². The van der Waals surface area contributed by atoms with Crippen molar-refractivity contribution in [3.8, 4) is 11.5 Å². The normalized spacial score (nSPS) is 10.3. The van der Waals surface area contributed by atoms with Crippen LogP contribution in [0.4, 0.5) is 5.69 Å². The second-order valence-electron chi connectivity index (χ2n) is 5.62. The number of ether oxygens (including phenoxy) is 3. The standard InChI is InChI=1S/C19H22N2O6/c1-25-17-9-8-16(21(23)24)12-18(17)27-14-19(22)20-10-5-11-26-13-15-6-3-2-4-7-15/h2-4,6-9,12H,5,10-11,13-14H2,1H3,(H,20,22). The Morgan fingerprint density at radius 1 is 1.15 bits per heavy atom. The number of hydrogen-bond acceptors (Lipinski definition) is 6. The summed E-state index contributed by atoms with van der Waals surface area (Å²) in [5.74, 6) is 0.141. The number of nitrogens with zero attached hydrogens (tertiary/aromatic N) is 1. The number of carbonyl (C=O) groups excluding carboxylic acids is 1. The van der Waals surface area contributed by atoms with E-state index in [2.05, 4.69) is 5.32 Å². The van der Waals surface area contributed by atoms with Gasteiger partial charge in [-0.05, 0) is 18.1 Å². The first-order valence-electron chi connectivity index (χ1n) is 8.43. The molecule has 0 heterocycles. The molecule has 2 aromatic rings. The summed E-state index contributed by atoms with van der Waals surface area (Å²) in [7, 11) is 1.42. The van der Waals surface area contributed by atoms with Gasteiger partial charge in [-0.3, -0.25) is 14.9 Å². The summed E-state index contributed by atoms with van der Waals surface area (Å²) in [6.45, 7) is 1.24. The van der Waals surface area contributed by atoms with Gasteiger partial charge in [0.25, 0.3) is 11.6 Å². The van der Waals surface area contributed by atoms with Crippen molar-refractivity contribution in [3.63, 3.8) is 0 Å². The Balaban J connectivity index is 1.66. The molecule has 0 spiro atoms. The second-order valence-corrected chi connectivity index (χ2v) is 5.62. The van der Waals surface area contributed by atoms with E-state index in [0.29, 0.717) is 31.9 Å². The molecule has 0 fully saturated rings. The van der Waals surface area contributed by atoms with Crippen LogP contribution in [-0.4, -0.2) is 37.7 Å². The first-order chi connectivity index (χ1) is 13.1. The zero-order valence-corrected chi connectivity index (χ0v) is 15.1. The topological polar surface area (TPSA) is 99.9 Å². The summed E-state index contributed by atoms with van der Waals surface area (Å²) in [6, 6.07) is 13.8. The molecule has 1 N–H and O–H groups in total. The SMILES string of the molecule is COc1ccc([N+](=O)[O-])cc1OCC(=O)NCCCOCc1ccccc1. The first kappa shape index (κ1) is 20.2. The van der Waals surface area contributed by atoms with E-state index in [1.54, 1.807) is 0 Å². The predicted octanol–water partition coefficient (Wildman–Crippen LogP) is 2.71. The van der Waals surface area contributed by atoms with Gasteiger partial charge in [-0.15, -0.1) is 0 Å². The fraction of sp³-hybridized carbons (Fsp3) is 0.316. The van der Waals surface area contributed by atoms with Crippen LogP contribution in [0.5, 0.6) is 11.5 Å². The summed E-state index contributed by atoms with van der Waals surface area (Å²) >= 11 is 0. The van der Waals surface area contributed by atoms with E-state index < -0.39 is 4.92 Å². The monoisotopic (exact) mass is 374 g/mol. The Morgan fingerprint density at radius 3 is 2.63 bits per heavy atom. The lowest BCUT2D eigenvalue weighted by Gasteiger charge is -2.10. The van der Waals surface area contributed by atoms with Crippen LogP contribution >= 0.6 is 0 Å². The summed E-state index contributed by atoms with van der Waals surface area (Å²) in [5, 5.41) is 13.5. The molecule has 2 rings (SSSR count). The molecule has 0 radical (unpaired) electrons. The Morgan fingerprint density at radius 2 is 1.93 bits per heavy atom. The van der Waals surface area contributed by atoms with Crippen molar-refractivity contribution in [2.75, 3.05) is 26.9 Å². The van der Waals surface area contributed by atoms with Crippen LogP contribution in [0.3, 0.4) is 0 Å². The molecule has 144 valence electrons. The van der Waals surface area contributed by atoms with Crippen molar-refractivity contribution in [1.82, 2.24) is 5.32 Å². The highest BCUT2D eigenvalue weighted by Gasteiger charge is 2.13. The van der Waals surface area contributed by atoms with Gasteiger partial charge in [0.2, 0.25) is 0 Å². The van der Waals surface area contributed by atoms with E-state index in [9.17, 15) is 14.9 Å². The Hall–Kier alpha value is -3.13. The van der Waals surface area contributed by atoms with Gasteiger partial charge < -0.3 is 19.5 Å². The van der Waals surface area contributed by atoms with Crippen molar-refractivity contribution in [1.29, 1.82) is 0 Å². The van der Waals surface area contributed by atoms with Crippen LogP contribution in [0.2, 0.25) is 0 Å². The fourth-order valence-electron chi connectivity index (χ4n) is 2.25. The molecule has 0 aliphatic rings. The number of amides is 1. The summed E-state index contributed by atoms with van der Waals surface area (Å²) in [4.78, 5) is 22.1. The molecule has 8 nitrogen and oxygen atoms in total. The van der Waals surface area contributed by atoms with E-state index in [4.69, 9.17) is 14.2 Å². The minimum atomic E-state index is -0.540. The molecule has 0 saturated heterocycles. The lowest BCUT2D eigenvalue weighted by atomic mass is 10.2. The van der Waals surface area contributed by atoms with E-state index in [0.717, 1.165) is 5.56 Å². The quantitative estimate of drug-likeness (QED) is 0.369. The Labute approximate surface area is 157 Å². The van der Waals surface area contributed by atoms with Gasteiger partial charge in [-0.25, -0.2) is 0 Å². The van der Waals surface area contributed by atoms with Crippen molar-refractivity contribution in [2.45, 2.75) is 13.0 Å². The summed E-state index contributed by atoms with van der Waals surface area (Å²) < 4.78 is 16.0. The number of hydrogen-bond donors (Lipinski definition) is 1. The van der Waals surface area contributed by atoms with E-state index in [1.807, 2.05) is 30.3 Å². The molecule has 1 amide bonds. The number of non-ortho nitro benzene ring substituents is 1. The van der Waals surface area contributed by atoms with Gasteiger partial charge in [0.1, 0.15) is 0 Å². The largest absolute Gasteiger partial charge is 0.493 e. The average Bonchev–Trinajstić information content (AvgIpc) is 2.69. The third kappa shape index (κ3) is 6.95. The molecule has 0 unspecified atom stereocenters. The predicted molar refractivity (Wildman–Crippen MR) is 98.9 cm³/mol. The molecule has 27 heavy (non-hydrogen) atoms. The molecular weight excluding hydrogens is 352 g/mol. The van der Waals surface area contributed by atoms with Crippen molar-refractivity contribution >= 4 is 11.6 Å². The molecule has 0 atom stereocenters. The minimum Gasteiger partial charge on any atom is -0.493 e. The van der Waals surface area contributed by atoms with Crippen LogP contribution in [0.25, 0.3) is 0 Å². The van der Waals surface area contributed by atoms with Gasteiger partial charge in [-0.2, -0.15) is 0 Å². The highest BCUT2D eigenvalue weighted by atomic mass is 16.6. The lowest BCUT2D eigenvalue weighted by Crippen LogP contribution is -2.30. The Kier molecular flexibility index (Phi) is 8.05. The maximum absolute atomic E-state index is 11.8. The van der Waals surface area contributed by atoms with Gasteiger partial charge in [0, 0.05) is 19.2 Å². The number of benzene rings is 2. The number of rotatable bonds is 11. The van der Waals surface area contributed by atoms with E-state index in [-0.39, 0.29) is 24.0 Å².